The molecule has 0 saturated carbocycles. The maximum absolute atomic E-state index is 10.6. The average Bonchev–Trinajstić information content (AvgIpc) is 3.13. The SMILES string of the molecule is CCc1c(/C=C/C=O)cnn1-c1nc(Cl)cc(NCc2ccc(OC)cc2)n1. The van der Waals surface area contributed by atoms with E-state index in [1.807, 2.05) is 31.2 Å². The fourth-order valence-corrected chi connectivity index (χ4v) is 2.90. The number of hydrogen-bond donors (Lipinski definition) is 1. The molecule has 0 spiro atoms. The van der Waals surface area contributed by atoms with Gasteiger partial charge in [0.25, 0.3) is 5.95 Å². The van der Waals surface area contributed by atoms with Crippen molar-refractivity contribution in [1.29, 1.82) is 0 Å². The number of anilines is 1. The van der Waals surface area contributed by atoms with Crippen molar-refractivity contribution >= 4 is 29.8 Å². The first-order chi connectivity index (χ1) is 13.6. The van der Waals surface area contributed by atoms with Crippen LogP contribution in [0.15, 0.2) is 42.6 Å². The van der Waals surface area contributed by atoms with E-state index in [1.165, 1.54) is 6.08 Å². The van der Waals surface area contributed by atoms with Gasteiger partial charge in [0.15, 0.2) is 0 Å². The van der Waals surface area contributed by atoms with Gasteiger partial charge in [-0.2, -0.15) is 15.1 Å². The van der Waals surface area contributed by atoms with Crippen molar-refractivity contribution in [2.75, 3.05) is 12.4 Å². The highest BCUT2D eigenvalue weighted by molar-refractivity contribution is 6.29. The Morgan fingerprint density at radius 1 is 1.25 bits per heavy atom. The molecule has 0 fully saturated rings. The zero-order valence-electron chi connectivity index (χ0n) is 15.6. The Labute approximate surface area is 168 Å². The molecule has 0 amide bonds. The number of ether oxygens (including phenoxy) is 1. The van der Waals surface area contributed by atoms with Gasteiger partial charge in [-0.1, -0.05) is 30.7 Å². The van der Waals surface area contributed by atoms with E-state index in [0.717, 1.165) is 28.9 Å². The third-order valence-electron chi connectivity index (χ3n) is 4.10. The van der Waals surface area contributed by atoms with Crippen molar-refractivity contribution in [3.8, 4) is 11.7 Å². The Balaban J connectivity index is 1.84. The average molecular weight is 398 g/mol. The molecule has 2 aromatic heterocycles. The van der Waals surface area contributed by atoms with Gasteiger partial charge in [-0.3, -0.25) is 4.79 Å². The Bertz CT molecular complexity index is 983. The summed E-state index contributed by atoms with van der Waals surface area (Å²) in [6.45, 7) is 2.57. The molecular weight excluding hydrogens is 378 g/mol. The largest absolute Gasteiger partial charge is 0.497 e. The number of rotatable bonds is 8. The topological polar surface area (TPSA) is 81.9 Å². The van der Waals surface area contributed by atoms with Crippen LogP contribution in [0, 0.1) is 0 Å². The summed E-state index contributed by atoms with van der Waals surface area (Å²) >= 11 is 6.20. The minimum atomic E-state index is 0.310. The summed E-state index contributed by atoms with van der Waals surface area (Å²) in [6.07, 6.45) is 6.24. The van der Waals surface area contributed by atoms with Crippen LogP contribution in [-0.4, -0.2) is 33.1 Å². The summed E-state index contributed by atoms with van der Waals surface area (Å²) in [5, 5.41) is 7.91. The summed E-state index contributed by atoms with van der Waals surface area (Å²) < 4.78 is 6.80. The fraction of sp³-hybridized carbons (Fsp3) is 0.200. The van der Waals surface area contributed by atoms with E-state index in [4.69, 9.17) is 16.3 Å². The lowest BCUT2D eigenvalue weighted by Crippen LogP contribution is -2.10. The normalized spacial score (nSPS) is 11.0. The van der Waals surface area contributed by atoms with Gasteiger partial charge in [0.2, 0.25) is 0 Å². The summed E-state index contributed by atoms with van der Waals surface area (Å²) in [5.74, 6) is 1.77. The second-order valence-electron chi connectivity index (χ2n) is 5.88. The smallest absolute Gasteiger partial charge is 0.254 e. The van der Waals surface area contributed by atoms with Crippen LogP contribution in [0.3, 0.4) is 0 Å². The van der Waals surface area contributed by atoms with Gasteiger partial charge in [-0.15, -0.1) is 0 Å². The number of halogens is 1. The van der Waals surface area contributed by atoms with Gasteiger partial charge >= 0.3 is 0 Å². The summed E-state index contributed by atoms with van der Waals surface area (Å²) in [5.41, 5.74) is 2.80. The molecule has 1 N–H and O–H groups in total. The van der Waals surface area contributed by atoms with E-state index < -0.39 is 0 Å². The molecule has 28 heavy (non-hydrogen) atoms. The quantitative estimate of drug-likeness (QED) is 0.354. The second kappa shape index (κ2) is 9.14. The molecule has 0 radical (unpaired) electrons. The van der Waals surface area contributed by atoms with Crippen molar-refractivity contribution in [3.63, 3.8) is 0 Å². The number of carbonyl (C=O) groups is 1. The summed E-state index contributed by atoms with van der Waals surface area (Å²) in [7, 11) is 1.64. The molecule has 7 nitrogen and oxygen atoms in total. The Morgan fingerprint density at radius 3 is 2.71 bits per heavy atom. The van der Waals surface area contributed by atoms with Crippen LogP contribution >= 0.6 is 11.6 Å². The van der Waals surface area contributed by atoms with Gasteiger partial charge in [-0.05, 0) is 36.3 Å². The highest BCUT2D eigenvalue weighted by Gasteiger charge is 2.13. The molecule has 0 aliphatic heterocycles. The van der Waals surface area contributed by atoms with Gasteiger partial charge < -0.3 is 10.1 Å². The summed E-state index contributed by atoms with van der Waals surface area (Å²) in [4.78, 5) is 19.4. The monoisotopic (exact) mass is 397 g/mol. The van der Waals surface area contributed by atoms with Crippen LogP contribution < -0.4 is 10.1 Å². The van der Waals surface area contributed by atoms with E-state index in [1.54, 1.807) is 30.1 Å². The molecule has 0 bridgehead atoms. The molecule has 3 aromatic rings. The number of allylic oxidation sites excluding steroid dienone is 1. The highest BCUT2D eigenvalue weighted by Crippen LogP contribution is 2.19. The molecule has 0 unspecified atom stereocenters. The van der Waals surface area contributed by atoms with Crippen LogP contribution in [0.5, 0.6) is 5.75 Å². The number of benzene rings is 1. The zero-order chi connectivity index (χ0) is 19.9. The van der Waals surface area contributed by atoms with Crippen LogP contribution in [0.2, 0.25) is 5.15 Å². The lowest BCUT2D eigenvalue weighted by molar-refractivity contribution is -0.104. The van der Waals surface area contributed by atoms with Crippen LogP contribution in [0.1, 0.15) is 23.7 Å². The van der Waals surface area contributed by atoms with Crippen molar-refractivity contribution in [2.24, 2.45) is 0 Å². The van der Waals surface area contributed by atoms with E-state index >= 15 is 0 Å². The van der Waals surface area contributed by atoms with Gasteiger partial charge in [0, 0.05) is 18.2 Å². The highest BCUT2D eigenvalue weighted by atomic mass is 35.5. The molecule has 2 heterocycles. The van der Waals surface area contributed by atoms with Gasteiger partial charge in [-0.25, -0.2) is 4.68 Å². The predicted octanol–water partition coefficient (Wildman–Crippen LogP) is 3.71. The number of nitrogens with zero attached hydrogens (tertiary/aromatic N) is 4. The second-order valence-corrected chi connectivity index (χ2v) is 6.27. The van der Waals surface area contributed by atoms with Crippen molar-refractivity contribution in [1.82, 2.24) is 19.7 Å². The van der Waals surface area contributed by atoms with E-state index in [2.05, 4.69) is 20.4 Å². The van der Waals surface area contributed by atoms with Gasteiger partial charge in [0.1, 0.15) is 23.0 Å². The number of methoxy groups -OCH3 is 1. The standard InChI is InChI=1S/C20H20ClN5O2/c1-3-17-15(5-4-10-27)13-23-26(17)20-24-18(21)11-19(25-20)22-12-14-6-8-16(28-2)9-7-14/h4-11,13H,3,12H2,1-2H3,(H,22,24,25)/b5-4+. The van der Waals surface area contributed by atoms with Crippen LogP contribution in [0.4, 0.5) is 5.82 Å². The number of carbonyl (C=O) groups excluding carboxylic acids is 1. The lowest BCUT2D eigenvalue weighted by atomic mass is 10.2. The molecular formula is C20H20ClN5O2. The number of nitrogens with one attached hydrogen (secondary N) is 1. The molecule has 3 rings (SSSR count). The first-order valence-corrected chi connectivity index (χ1v) is 9.13. The lowest BCUT2D eigenvalue weighted by Gasteiger charge is -2.10. The Kier molecular flexibility index (Phi) is 6.39. The third kappa shape index (κ3) is 4.55. The van der Waals surface area contributed by atoms with Crippen molar-refractivity contribution in [2.45, 2.75) is 19.9 Å². The number of aromatic nitrogens is 4. The molecule has 0 saturated heterocycles. The van der Waals surface area contributed by atoms with E-state index in [9.17, 15) is 4.79 Å². The van der Waals surface area contributed by atoms with Crippen molar-refractivity contribution in [3.05, 3.63) is 64.6 Å². The van der Waals surface area contributed by atoms with Crippen LogP contribution in [0.25, 0.3) is 12.0 Å². The fourth-order valence-electron chi connectivity index (χ4n) is 2.72. The first kappa shape index (κ1) is 19.6. The minimum absolute atomic E-state index is 0.310. The van der Waals surface area contributed by atoms with Crippen molar-refractivity contribution < 1.29 is 9.53 Å². The molecule has 8 heteroatoms. The maximum atomic E-state index is 10.6. The minimum Gasteiger partial charge on any atom is -0.497 e. The molecule has 0 aliphatic carbocycles. The molecule has 0 aliphatic rings. The predicted molar refractivity (Wildman–Crippen MR) is 109 cm³/mol. The number of aldehydes is 1. The number of hydrogen-bond acceptors (Lipinski definition) is 6. The molecule has 1 aromatic carbocycles. The Hall–Kier alpha value is -3.19. The van der Waals surface area contributed by atoms with Crippen LogP contribution in [-0.2, 0) is 17.8 Å². The summed E-state index contributed by atoms with van der Waals surface area (Å²) in [6, 6.07) is 9.42. The Morgan fingerprint density at radius 2 is 2.04 bits per heavy atom. The van der Waals surface area contributed by atoms with Gasteiger partial charge in [0.05, 0.1) is 19.0 Å². The zero-order valence-corrected chi connectivity index (χ0v) is 16.3. The molecule has 144 valence electrons. The first-order valence-electron chi connectivity index (χ1n) is 8.75. The molecule has 0 atom stereocenters. The maximum Gasteiger partial charge on any atom is 0.254 e. The third-order valence-corrected chi connectivity index (χ3v) is 4.29. The van der Waals surface area contributed by atoms with E-state index in [0.29, 0.717) is 29.9 Å². The van der Waals surface area contributed by atoms with E-state index in [-0.39, 0.29) is 0 Å².